The lowest BCUT2D eigenvalue weighted by atomic mass is 10.2. The molecule has 3 rings (SSSR count). The fraction of sp³-hybridized carbons (Fsp3) is 0.0625. The number of para-hydroxylation sites is 3. The zero-order chi connectivity index (χ0) is 13.8. The van der Waals surface area contributed by atoms with Gasteiger partial charge in [-0.05, 0) is 24.3 Å². The molecule has 100 valence electrons. The van der Waals surface area contributed by atoms with Crippen molar-refractivity contribution in [1.29, 1.82) is 0 Å². The largest absolute Gasteiger partial charge is 0.508 e. The number of benzene rings is 2. The number of nitrogens with one attached hydrogen (secondary N) is 1. The van der Waals surface area contributed by atoms with Crippen molar-refractivity contribution in [3.8, 4) is 11.4 Å². The number of aromatic nitrogens is 2. The summed E-state index contributed by atoms with van der Waals surface area (Å²) in [4.78, 5) is 0. The standard InChI is InChI=1S/C16H15N3O/c20-16-9-4-1-6-13(16)12-17-14-7-2-3-8-15(14)19-11-5-10-18-19/h1-11,17,20H,12H2. The van der Waals surface area contributed by atoms with Gasteiger partial charge in [0.15, 0.2) is 0 Å². The molecule has 0 amide bonds. The topological polar surface area (TPSA) is 50.1 Å². The summed E-state index contributed by atoms with van der Waals surface area (Å²) in [6, 6.07) is 17.2. The van der Waals surface area contributed by atoms with Crippen LogP contribution in [-0.2, 0) is 6.54 Å². The molecule has 3 aromatic rings. The van der Waals surface area contributed by atoms with Crippen molar-refractivity contribution in [1.82, 2.24) is 9.78 Å². The van der Waals surface area contributed by atoms with Crippen molar-refractivity contribution in [3.63, 3.8) is 0 Å². The molecule has 0 saturated carbocycles. The van der Waals surface area contributed by atoms with Crippen molar-refractivity contribution < 1.29 is 5.11 Å². The molecule has 2 aromatic carbocycles. The monoisotopic (exact) mass is 265 g/mol. The van der Waals surface area contributed by atoms with E-state index in [4.69, 9.17) is 0 Å². The summed E-state index contributed by atoms with van der Waals surface area (Å²) < 4.78 is 1.81. The number of anilines is 1. The normalized spacial score (nSPS) is 10.4. The number of aromatic hydroxyl groups is 1. The maximum Gasteiger partial charge on any atom is 0.120 e. The molecule has 0 saturated heterocycles. The quantitative estimate of drug-likeness (QED) is 0.761. The maximum atomic E-state index is 9.78. The van der Waals surface area contributed by atoms with Crippen LogP contribution in [0.5, 0.6) is 5.75 Å². The Kier molecular flexibility index (Phi) is 3.37. The molecule has 0 aliphatic heterocycles. The Balaban J connectivity index is 1.84. The van der Waals surface area contributed by atoms with Gasteiger partial charge in [-0.2, -0.15) is 5.10 Å². The van der Waals surface area contributed by atoms with E-state index in [-0.39, 0.29) is 0 Å². The van der Waals surface area contributed by atoms with Crippen molar-refractivity contribution in [2.75, 3.05) is 5.32 Å². The van der Waals surface area contributed by atoms with Gasteiger partial charge < -0.3 is 10.4 Å². The number of nitrogens with zero attached hydrogens (tertiary/aromatic N) is 2. The SMILES string of the molecule is Oc1ccccc1CNc1ccccc1-n1cccn1. The van der Waals surface area contributed by atoms with Crippen LogP contribution in [0.4, 0.5) is 5.69 Å². The molecular formula is C16H15N3O. The molecule has 0 aliphatic carbocycles. The van der Waals surface area contributed by atoms with Crippen LogP contribution in [0.15, 0.2) is 67.0 Å². The number of phenols is 1. The summed E-state index contributed by atoms with van der Waals surface area (Å²) in [6.07, 6.45) is 3.65. The minimum absolute atomic E-state index is 0.302. The number of hydrogen-bond acceptors (Lipinski definition) is 3. The van der Waals surface area contributed by atoms with Gasteiger partial charge in [0.1, 0.15) is 5.75 Å². The summed E-state index contributed by atoms with van der Waals surface area (Å²) >= 11 is 0. The van der Waals surface area contributed by atoms with E-state index in [1.807, 2.05) is 59.4 Å². The first-order valence-corrected chi connectivity index (χ1v) is 6.44. The minimum Gasteiger partial charge on any atom is -0.508 e. The fourth-order valence-electron chi connectivity index (χ4n) is 2.08. The van der Waals surface area contributed by atoms with Crippen LogP contribution >= 0.6 is 0 Å². The van der Waals surface area contributed by atoms with Crippen LogP contribution in [0.3, 0.4) is 0 Å². The van der Waals surface area contributed by atoms with E-state index < -0.39 is 0 Å². The average molecular weight is 265 g/mol. The Morgan fingerprint density at radius 3 is 2.60 bits per heavy atom. The Labute approximate surface area is 117 Å². The predicted molar refractivity (Wildman–Crippen MR) is 79.0 cm³/mol. The van der Waals surface area contributed by atoms with Gasteiger partial charge in [-0.25, -0.2) is 4.68 Å². The zero-order valence-electron chi connectivity index (χ0n) is 10.9. The Morgan fingerprint density at radius 2 is 1.80 bits per heavy atom. The van der Waals surface area contributed by atoms with Crippen molar-refractivity contribution >= 4 is 5.69 Å². The van der Waals surface area contributed by atoms with Gasteiger partial charge >= 0.3 is 0 Å². The van der Waals surface area contributed by atoms with Gasteiger partial charge in [0.2, 0.25) is 0 Å². The molecule has 1 heterocycles. The van der Waals surface area contributed by atoms with E-state index >= 15 is 0 Å². The van der Waals surface area contributed by atoms with E-state index in [2.05, 4.69) is 10.4 Å². The van der Waals surface area contributed by atoms with E-state index in [1.54, 1.807) is 12.3 Å². The van der Waals surface area contributed by atoms with Crippen LogP contribution in [-0.4, -0.2) is 14.9 Å². The van der Waals surface area contributed by atoms with Crippen LogP contribution in [0, 0.1) is 0 Å². The van der Waals surface area contributed by atoms with Gasteiger partial charge in [-0.1, -0.05) is 30.3 Å². The van der Waals surface area contributed by atoms with Crippen molar-refractivity contribution in [2.45, 2.75) is 6.54 Å². The van der Waals surface area contributed by atoms with Gasteiger partial charge in [-0.15, -0.1) is 0 Å². The second-order valence-corrected chi connectivity index (χ2v) is 4.45. The van der Waals surface area contributed by atoms with Crippen LogP contribution in [0.25, 0.3) is 5.69 Å². The summed E-state index contributed by atoms with van der Waals surface area (Å²) in [5.41, 5.74) is 2.81. The highest BCUT2D eigenvalue weighted by Crippen LogP contribution is 2.22. The zero-order valence-corrected chi connectivity index (χ0v) is 10.9. The van der Waals surface area contributed by atoms with Gasteiger partial charge in [0, 0.05) is 24.5 Å². The molecular weight excluding hydrogens is 250 g/mol. The fourth-order valence-corrected chi connectivity index (χ4v) is 2.08. The maximum absolute atomic E-state index is 9.78. The second kappa shape index (κ2) is 5.48. The van der Waals surface area contributed by atoms with Gasteiger partial charge in [0.25, 0.3) is 0 Å². The van der Waals surface area contributed by atoms with Crippen LogP contribution in [0.2, 0.25) is 0 Å². The lowest BCUT2D eigenvalue weighted by Gasteiger charge is -2.12. The third-order valence-corrected chi connectivity index (χ3v) is 3.12. The Hall–Kier alpha value is -2.75. The molecule has 4 heteroatoms. The molecule has 0 unspecified atom stereocenters. The number of rotatable bonds is 4. The highest BCUT2D eigenvalue weighted by Gasteiger charge is 2.05. The van der Waals surface area contributed by atoms with Crippen LogP contribution < -0.4 is 5.32 Å². The summed E-state index contributed by atoms with van der Waals surface area (Å²) in [5, 5.41) is 17.4. The first kappa shape index (κ1) is 12.3. The highest BCUT2D eigenvalue weighted by atomic mass is 16.3. The Bertz CT molecular complexity index is 692. The van der Waals surface area contributed by atoms with Gasteiger partial charge in [-0.3, -0.25) is 0 Å². The molecule has 0 spiro atoms. The lowest BCUT2D eigenvalue weighted by Crippen LogP contribution is -2.04. The molecule has 0 bridgehead atoms. The third kappa shape index (κ3) is 2.49. The van der Waals surface area contributed by atoms with Crippen molar-refractivity contribution in [2.24, 2.45) is 0 Å². The van der Waals surface area contributed by atoms with Crippen LogP contribution in [0.1, 0.15) is 5.56 Å². The van der Waals surface area contributed by atoms with Gasteiger partial charge in [0.05, 0.1) is 11.4 Å². The molecule has 0 radical (unpaired) electrons. The Morgan fingerprint density at radius 1 is 1.00 bits per heavy atom. The number of phenolic OH excluding ortho intramolecular Hbond substituents is 1. The molecule has 0 fully saturated rings. The summed E-state index contributed by atoms with van der Waals surface area (Å²) in [6.45, 7) is 0.560. The van der Waals surface area contributed by atoms with E-state index in [0.29, 0.717) is 12.3 Å². The van der Waals surface area contributed by atoms with Crippen molar-refractivity contribution in [3.05, 3.63) is 72.6 Å². The first-order valence-electron chi connectivity index (χ1n) is 6.44. The van der Waals surface area contributed by atoms with E-state index in [1.165, 1.54) is 0 Å². The molecule has 0 aliphatic rings. The smallest absolute Gasteiger partial charge is 0.120 e. The average Bonchev–Trinajstić information content (AvgIpc) is 3.01. The summed E-state index contributed by atoms with van der Waals surface area (Å²) in [7, 11) is 0. The second-order valence-electron chi connectivity index (χ2n) is 4.45. The lowest BCUT2D eigenvalue weighted by molar-refractivity contribution is 0.469. The molecule has 1 aromatic heterocycles. The number of hydrogen-bond donors (Lipinski definition) is 2. The molecule has 4 nitrogen and oxygen atoms in total. The molecule has 0 atom stereocenters. The minimum atomic E-state index is 0.302. The molecule has 2 N–H and O–H groups in total. The summed E-state index contributed by atoms with van der Waals surface area (Å²) in [5.74, 6) is 0.302. The predicted octanol–water partition coefficient (Wildman–Crippen LogP) is 3.19. The highest BCUT2D eigenvalue weighted by molar-refractivity contribution is 5.60. The van der Waals surface area contributed by atoms with E-state index in [0.717, 1.165) is 16.9 Å². The first-order chi connectivity index (χ1) is 9.84. The van der Waals surface area contributed by atoms with E-state index in [9.17, 15) is 5.11 Å². The molecule has 20 heavy (non-hydrogen) atoms. The third-order valence-electron chi connectivity index (χ3n) is 3.12.